The molecule has 94 valence electrons. The summed E-state index contributed by atoms with van der Waals surface area (Å²) in [5.74, 6) is -0.243. The number of nitrogens with zero attached hydrogens (tertiary/aromatic N) is 1. The Labute approximate surface area is 112 Å². The fourth-order valence-electron chi connectivity index (χ4n) is 2.07. The van der Waals surface area contributed by atoms with Crippen LogP contribution in [0.1, 0.15) is 18.9 Å². The molecule has 0 fully saturated rings. The summed E-state index contributed by atoms with van der Waals surface area (Å²) in [5.41, 5.74) is 2.79. The van der Waals surface area contributed by atoms with Gasteiger partial charge in [-0.2, -0.15) is 0 Å². The Hall–Kier alpha value is -1.41. The van der Waals surface area contributed by atoms with Crippen molar-refractivity contribution in [2.75, 3.05) is 0 Å². The van der Waals surface area contributed by atoms with E-state index in [1.807, 2.05) is 30.1 Å². The maximum absolute atomic E-state index is 13.3. The minimum atomic E-state index is -0.243. The maximum Gasteiger partial charge on any atom is 0.177 e. The van der Waals surface area contributed by atoms with Gasteiger partial charge in [0.2, 0.25) is 0 Å². The molecule has 0 atom stereocenters. The monoisotopic (exact) mass is 264 g/mol. The van der Waals surface area contributed by atoms with Gasteiger partial charge in [0.05, 0.1) is 10.6 Å². The number of hydrogen-bond donors (Lipinski definition) is 0. The van der Waals surface area contributed by atoms with E-state index in [0.717, 1.165) is 34.6 Å². The Morgan fingerprint density at radius 2 is 2.06 bits per heavy atom. The second-order valence-corrected chi connectivity index (χ2v) is 4.81. The van der Waals surface area contributed by atoms with Gasteiger partial charge in [0.25, 0.3) is 0 Å². The van der Waals surface area contributed by atoms with E-state index in [2.05, 4.69) is 6.92 Å². The summed E-state index contributed by atoms with van der Waals surface area (Å²) in [6.07, 6.45) is 5.91. The van der Waals surface area contributed by atoms with Crippen LogP contribution in [0.15, 0.2) is 36.7 Å². The Morgan fingerprint density at radius 3 is 2.72 bits per heavy atom. The van der Waals surface area contributed by atoms with Gasteiger partial charge in [-0.1, -0.05) is 37.1 Å². The van der Waals surface area contributed by atoms with E-state index in [1.54, 1.807) is 6.07 Å². The van der Waals surface area contributed by atoms with Crippen molar-refractivity contribution in [3.8, 4) is 11.1 Å². The first-order valence-corrected chi connectivity index (χ1v) is 6.43. The average Bonchev–Trinajstić information content (AvgIpc) is 2.33. The number of pyridine rings is 1. The first kappa shape index (κ1) is 13.0. The largest absolute Gasteiger partial charge is 0.207 e. The van der Waals surface area contributed by atoms with Crippen LogP contribution < -0.4 is 4.57 Å². The van der Waals surface area contributed by atoms with Crippen LogP contribution in [0, 0.1) is 5.82 Å². The fourth-order valence-corrected chi connectivity index (χ4v) is 2.38. The lowest BCUT2D eigenvalue weighted by molar-refractivity contribution is -0.671. The Morgan fingerprint density at radius 1 is 1.28 bits per heavy atom. The molecule has 0 unspecified atom stereocenters. The van der Waals surface area contributed by atoms with E-state index in [-0.39, 0.29) is 5.82 Å². The summed E-state index contributed by atoms with van der Waals surface area (Å²) in [7, 11) is 1.96. The molecule has 1 heterocycles. The van der Waals surface area contributed by atoms with Crippen molar-refractivity contribution < 1.29 is 8.96 Å². The molecule has 0 saturated heterocycles. The summed E-state index contributed by atoms with van der Waals surface area (Å²) in [4.78, 5) is 0. The van der Waals surface area contributed by atoms with Crippen molar-refractivity contribution in [2.24, 2.45) is 7.05 Å². The van der Waals surface area contributed by atoms with Crippen molar-refractivity contribution >= 4 is 11.6 Å². The van der Waals surface area contributed by atoms with Gasteiger partial charge in [-0.25, -0.2) is 8.96 Å². The summed E-state index contributed by atoms with van der Waals surface area (Å²) in [6.45, 7) is 2.12. The van der Waals surface area contributed by atoms with Crippen molar-refractivity contribution in [1.29, 1.82) is 0 Å². The van der Waals surface area contributed by atoms with E-state index in [0.29, 0.717) is 0 Å². The van der Waals surface area contributed by atoms with Crippen molar-refractivity contribution in [1.82, 2.24) is 0 Å². The fraction of sp³-hybridized carbons (Fsp3) is 0.267. The first-order chi connectivity index (χ1) is 8.61. The van der Waals surface area contributed by atoms with Gasteiger partial charge in [-0.3, -0.25) is 0 Å². The molecule has 0 bridgehead atoms. The normalized spacial score (nSPS) is 10.7. The second-order valence-electron chi connectivity index (χ2n) is 4.44. The summed E-state index contributed by atoms with van der Waals surface area (Å²) < 4.78 is 15.3. The Kier molecular flexibility index (Phi) is 3.97. The molecule has 0 aliphatic carbocycles. The van der Waals surface area contributed by atoms with E-state index < -0.39 is 0 Å². The van der Waals surface area contributed by atoms with Crippen molar-refractivity contribution in [3.63, 3.8) is 0 Å². The number of aromatic nitrogens is 1. The number of hydrogen-bond acceptors (Lipinski definition) is 0. The third kappa shape index (κ3) is 2.70. The van der Waals surface area contributed by atoms with Gasteiger partial charge in [-0.15, -0.1) is 0 Å². The highest BCUT2D eigenvalue weighted by molar-refractivity contribution is 6.34. The molecule has 0 aliphatic rings. The van der Waals surface area contributed by atoms with Crippen LogP contribution in [0.25, 0.3) is 11.1 Å². The highest BCUT2D eigenvalue weighted by Gasteiger charge is 2.14. The van der Waals surface area contributed by atoms with E-state index in [9.17, 15) is 4.39 Å². The zero-order valence-electron chi connectivity index (χ0n) is 10.6. The van der Waals surface area contributed by atoms with Gasteiger partial charge >= 0.3 is 0 Å². The van der Waals surface area contributed by atoms with E-state index in [1.165, 1.54) is 12.1 Å². The van der Waals surface area contributed by atoms with Gasteiger partial charge in [0, 0.05) is 5.56 Å². The molecule has 2 rings (SSSR count). The molecule has 3 heteroatoms. The minimum absolute atomic E-state index is 0.243. The van der Waals surface area contributed by atoms with Crippen LogP contribution in [0.5, 0.6) is 0 Å². The number of benzene rings is 1. The van der Waals surface area contributed by atoms with Gasteiger partial charge in [-0.05, 0) is 24.1 Å². The predicted molar refractivity (Wildman–Crippen MR) is 72.0 cm³/mol. The summed E-state index contributed by atoms with van der Waals surface area (Å²) in [6, 6.07) is 6.53. The van der Waals surface area contributed by atoms with Gasteiger partial charge < -0.3 is 0 Å². The predicted octanol–water partition coefficient (Wildman–Crippen LogP) is 3.92. The molecule has 0 aliphatic heterocycles. The molecule has 1 nitrogen and oxygen atoms in total. The molecule has 2 aromatic rings. The summed E-state index contributed by atoms with van der Waals surface area (Å²) >= 11 is 6.41. The molecular formula is C15H16ClFN+. The Bertz CT molecular complexity index is 566. The maximum atomic E-state index is 13.3. The highest BCUT2D eigenvalue weighted by atomic mass is 35.5. The molecule has 0 N–H and O–H groups in total. The van der Waals surface area contributed by atoms with Gasteiger partial charge in [0.15, 0.2) is 12.4 Å². The topological polar surface area (TPSA) is 3.88 Å². The molecule has 1 aromatic carbocycles. The zero-order chi connectivity index (χ0) is 13.1. The molecule has 18 heavy (non-hydrogen) atoms. The van der Waals surface area contributed by atoms with E-state index in [4.69, 9.17) is 11.6 Å². The molecule has 0 saturated carbocycles. The number of rotatable bonds is 3. The molecule has 1 aromatic heterocycles. The second kappa shape index (κ2) is 5.49. The summed E-state index contributed by atoms with van der Waals surface area (Å²) in [5, 5.41) is 0.723. The third-order valence-electron chi connectivity index (χ3n) is 2.87. The van der Waals surface area contributed by atoms with Gasteiger partial charge in [0.1, 0.15) is 12.9 Å². The SMILES string of the molecule is CCCc1c[n+](C)cc(-c2cccc(F)c2)c1Cl. The molecule has 0 spiro atoms. The minimum Gasteiger partial charge on any atom is -0.207 e. The number of halogens is 2. The zero-order valence-corrected chi connectivity index (χ0v) is 11.3. The Balaban J connectivity index is 2.56. The number of aryl methyl sites for hydroxylation is 2. The lowest BCUT2D eigenvalue weighted by atomic mass is 10.0. The van der Waals surface area contributed by atoms with Crippen LogP contribution in [0.3, 0.4) is 0 Å². The molecule has 0 radical (unpaired) electrons. The van der Waals surface area contributed by atoms with Crippen LogP contribution in [0.2, 0.25) is 5.02 Å². The van der Waals surface area contributed by atoms with Crippen LogP contribution >= 0.6 is 11.6 Å². The average molecular weight is 265 g/mol. The van der Waals surface area contributed by atoms with Crippen LogP contribution in [-0.4, -0.2) is 0 Å². The first-order valence-electron chi connectivity index (χ1n) is 6.05. The molecule has 0 amide bonds. The van der Waals surface area contributed by atoms with Crippen molar-refractivity contribution in [3.05, 3.63) is 53.1 Å². The lowest BCUT2D eigenvalue weighted by Crippen LogP contribution is -2.28. The lowest BCUT2D eigenvalue weighted by Gasteiger charge is -2.07. The standard InChI is InChI=1S/C15H16ClFN/c1-3-5-12-9-18(2)10-14(15(12)16)11-6-4-7-13(17)8-11/h4,6-10H,3,5H2,1-2H3/q+1. The van der Waals surface area contributed by atoms with Crippen LogP contribution in [0.4, 0.5) is 4.39 Å². The third-order valence-corrected chi connectivity index (χ3v) is 3.31. The van der Waals surface area contributed by atoms with E-state index >= 15 is 0 Å². The molecular weight excluding hydrogens is 249 g/mol. The van der Waals surface area contributed by atoms with Crippen molar-refractivity contribution in [2.45, 2.75) is 19.8 Å². The quantitative estimate of drug-likeness (QED) is 0.740. The van der Waals surface area contributed by atoms with Crippen LogP contribution in [-0.2, 0) is 13.5 Å². The highest BCUT2D eigenvalue weighted by Crippen LogP contribution is 2.30. The smallest absolute Gasteiger partial charge is 0.177 e.